The number of nitrogens with one attached hydrogen (secondary N) is 1. The van der Waals surface area contributed by atoms with Gasteiger partial charge >= 0.3 is 0 Å². The van der Waals surface area contributed by atoms with E-state index in [-0.39, 0.29) is 6.04 Å². The molecule has 0 aliphatic rings. The van der Waals surface area contributed by atoms with Crippen molar-refractivity contribution in [2.75, 3.05) is 5.73 Å². The number of nitrogens with zero attached hydrogens (tertiary/aromatic N) is 2. The van der Waals surface area contributed by atoms with E-state index in [4.69, 9.17) is 11.6 Å². The first-order valence-electron chi connectivity index (χ1n) is 5.77. The minimum absolute atomic E-state index is 0.0144. The Hall–Kier alpha value is -1.98. The van der Waals surface area contributed by atoms with Crippen LogP contribution in [0.15, 0.2) is 36.8 Å². The van der Waals surface area contributed by atoms with E-state index >= 15 is 0 Å². The number of aromatic nitrogens is 2. The molecule has 2 aromatic heterocycles. The minimum atomic E-state index is 0.0144. The Kier molecular flexibility index (Phi) is 3.86. The fourth-order valence-electron chi connectivity index (χ4n) is 1.96. The summed E-state index contributed by atoms with van der Waals surface area (Å²) in [7, 11) is 0. The number of aryl methyl sites for hydroxylation is 1. The maximum absolute atomic E-state index is 5.67. The van der Waals surface area contributed by atoms with Gasteiger partial charge in [0.1, 0.15) is 5.82 Å². The summed E-state index contributed by atoms with van der Waals surface area (Å²) in [5, 5.41) is 0. The van der Waals surface area contributed by atoms with Crippen molar-refractivity contribution in [1.29, 1.82) is 0 Å². The topological polar surface area (TPSA) is 89.8 Å². The Bertz CT molecular complexity index is 526. The van der Waals surface area contributed by atoms with Gasteiger partial charge in [-0.3, -0.25) is 16.3 Å². The molecule has 0 aliphatic heterocycles. The standard InChI is InChI=1S/C13H17N5/c1-9-2-4-16-8-11(9)12(18-15)6-10-3-5-17-13(14)7-10/h2-5,7-8,12,18H,6,15H2,1H3,(H2,14,17). The molecular formula is C13H17N5. The van der Waals surface area contributed by atoms with Gasteiger partial charge in [-0.1, -0.05) is 0 Å². The summed E-state index contributed by atoms with van der Waals surface area (Å²) in [5.74, 6) is 6.15. The van der Waals surface area contributed by atoms with Gasteiger partial charge in [0.05, 0.1) is 6.04 Å². The van der Waals surface area contributed by atoms with Gasteiger partial charge in [0.2, 0.25) is 0 Å². The number of hydrogen-bond acceptors (Lipinski definition) is 5. The van der Waals surface area contributed by atoms with E-state index in [1.165, 1.54) is 0 Å². The van der Waals surface area contributed by atoms with Crippen molar-refractivity contribution < 1.29 is 0 Å². The Labute approximate surface area is 106 Å². The van der Waals surface area contributed by atoms with Crippen LogP contribution in [0.1, 0.15) is 22.7 Å². The Morgan fingerprint density at radius 3 is 2.83 bits per heavy atom. The van der Waals surface area contributed by atoms with Crippen LogP contribution in [-0.4, -0.2) is 9.97 Å². The monoisotopic (exact) mass is 243 g/mol. The van der Waals surface area contributed by atoms with Crippen molar-refractivity contribution in [3.8, 4) is 0 Å². The summed E-state index contributed by atoms with van der Waals surface area (Å²) >= 11 is 0. The molecule has 18 heavy (non-hydrogen) atoms. The average molecular weight is 243 g/mol. The molecule has 0 aliphatic carbocycles. The highest BCUT2D eigenvalue weighted by Gasteiger charge is 2.13. The SMILES string of the molecule is Cc1ccncc1C(Cc1ccnc(N)c1)NN. The molecule has 1 atom stereocenters. The molecule has 2 heterocycles. The van der Waals surface area contributed by atoms with Crippen LogP contribution in [-0.2, 0) is 6.42 Å². The molecule has 0 bridgehead atoms. The van der Waals surface area contributed by atoms with E-state index in [0.29, 0.717) is 5.82 Å². The number of nitrogen functional groups attached to an aromatic ring is 1. The Morgan fingerprint density at radius 2 is 2.17 bits per heavy atom. The number of rotatable bonds is 4. The fourth-order valence-corrected chi connectivity index (χ4v) is 1.96. The lowest BCUT2D eigenvalue weighted by Gasteiger charge is -2.18. The second kappa shape index (κ2) is 5.57. The molecule has 0 amide bonds. The first-order chi connectivity index (χ1) is 8.70. The van der Waals surface area contributed by atoms with Crippen LogP contribution >= 0.6 is 0 Å². The molecule has 0 saturated carbocycles. The van der Waals surface area contributed by atoms with Gasteiger partial charge in [-0.15, -0.1) is 0 Å². The highest BCUT2D eigenvalue weighted by atomic mass is 15.2. The smallest absolute Gasteiger partial charge is 0.123 e. The quantitative estimate of drug-likeness (QED) is 0.553. The third-order valence-corrected chi connectivity index (χ3v) is 2.94. The summed E-state index contributed by atoms with van der Waals surface area (Å²) < 4.78 is 0. The largest absolute Gasteiger partial charge is 0.384 e. The first kappa shape index (κ1) is 12.5. The summed E-state index contributed by atoms with van der Waals surface area (Å²) in [4.78, 5) is 8.12. The van der Waals surface area contributed by atoms with Crippen molar-refractivity contribution in [2.24, 2.45) is 5.84 Å². The zero-order valence-corrected chi connectivity index (χ0v) is 10.3. The van der Waals surface area contributed by atoms with Gasteiger partial charge < -0.3 is 5.73 Å². The summed E-state index contributed by atoms with van der Waals surface area (Å²) in [6, 6.07) is 5.78. The maximum atomic E-state index is 5.67. The third-order valence-electron chi connectivity index (χ3n) is 2.94. The second-order valence-corrected chi connectivity index (χ2v) is 4.24. The number of hydrogen-bond donors (Lipinski definition) is 3. The first-order valence-corrected chi connectivity index (χ1v) is 5.77. The lowest BCUT2D eigenvalue weighted by Crippen LogP contribution is -2.30. The maximum Gasteiger partial charge on any atom is 0.123 e. The second-order valence-electron chi connectivity index (χ2n) is 4.24. The van der Waals surface area contributed by atoms with Crippen LogP contribution < -0.4 is 17.0 Å². The van der Waals surface area contributed by atoms with E-state index in [1.54, 1.807) is 12.4 Å². The van der Waals surface area contributed by atoms with Crippen LogP contribution in [0.5, 0.6) is 0 Å². The predicted octanol–water partition coefficient (Wildman–Crippen LogP) is 1.11. The fraction of sp³-hybridized carbons (Fsp3) is 0.231. The molecule has 2 rings (SSSR count). The Morgan fingerprint density at radius 1 is 1.33 bits per heavy atom. The van der Waals surface area contributed by atoms with Crippen LogP contribution in [0.25, 0.3) is 0 Å². The highest BCUT2D eigenvalue weighted by molar-refractivity contribution is 5.34. The van der Waals surface area contributed by atoms with Gasteiger partial charge in [0.25, 0.3) is 0 Å². The molecular weight excluding hydrogens is 226 g/mol. The molecule has 0 aromatic carbocycles. The lowest BCUT2D eigenvalue weighted by molar-refractivity contribution is 0.547. The number of nitrogens with two attached hydrogens (primary N) is 2. The van der Waals surface area contributed by atoms with E-state index in [0.717, 1.165) is 23.1 Å². The van der Waals surface area contributed by atoms with Crippen molar-refractivity contribution in [2.45, 2.75) is 19.4 Å². The van der Waals surface area contributed by atoms with Crippen LogP contribution in [0.3, 0.4) is 0 Å². The van der Waals surface area contributed by atoms with Crippen LogP contribution in [0.2, 0.25) is 0 Å². The molecule has 5 nitrogen and oxygen atoms in total. The number of hydrazine groups is 1. The molecule has 5 N–H and O–H groups in total. The molecule has 5 heteroatoms. The van der Waals surface area contributed by atoms with Crippen LogP contribution in [0, 0.1) is 6.92 Å². The molecule has 0 spiro atoms. The third kappa shape index (κ3) is 2.82. The summed E-state index contributed by atoms with van der Waals surface area (Å²) in [6.45, 7) is 2.04. The lowest BCUT2D eigenvalue weighted by atomic mass is 9.98. The molecule has 0 saturated heterocycles. The van der Waals surface area contributed by atoms with Crippen molar-refractivity contribution >= 4 is 5.82 Å². The van der Waals surface area contributed by atoms with Crippen molar-refractivity contribution in [3.05, 3.63) is 53.5 Å². The minimum Gasteiger partial charge on any atom is -0.384 e. The molecule has 0 fully saturated rings. The predicted molar refractivity (Wildman–Crippen MR) is 71.4 cm³/mol. The normalized spacial score (nSPS) is 12.3. The zero-order valence-electron chi connectivity index (χ0n) is 10.3. The molecule has 94 valence electrons. The Balaban J connectivity index is 2.23. The van der Waals surface area contributed by atoms with Crippen molar-refractivity contribution in [1.82, 2.24) is 15.4 Å². The highest BCUT2D eigenvalue weighted by Crippen LogP contribution is 2.20. The molecule has 1 unspecified atom stereocenters. The zero-order chi connectivity index (χ0) is 13.0. The van der Waals surface area contributed by atoms with E-state index in [2.05, 4.69) is 15.4 Å². The summed E-state index contributed by atoms with van der Waals surface area (Å²) in [6.07, 6.45) is 6.06. The average Bonchev–Trinajstić information content (AvgIpc) is 2.37. The molecule has 2 aromatic rings. The van der Waals surface area contributed by atoms with E-state index < -0.39 is 0 Å². The van der Waals surface area contributed by atoms with Gasteiger partial charge in [-0.2, -0.15) is 0 Å². The van der Waals surface area contributed by atoms with Crippen LogP contribution in [0.4, 0.5) is 5.82 Å². The molecule has 0 radical (unpaired) electrons. The summed E-state index contributed by atoms with van der Waals surface area (Å²) in [5.41, 5.74) is 11.8. The van der Waals surface area contributed by atoms with Gasteiger partial charge in [0, 0.05) is 18.6 Å². The van der Waals surface area contributed by atoms with E-state index in [9.17, 15) is 0 Å². The van der Waals surface area contributed by atoms with Crippen molar-refractivity contribution in [3.63, 3.8) is 0 Å². The number of pyridine rings is 2. The van der Waals surface area contributed by atoms with Gasteiger partial charge in [-0.05, 0) is 48.2 Å². The number of anilines is 1. The van der Waals surface area contributed by atoms with Gasteiger partial charge in [-0.25, -0.2) is 4.98 Å². The van der Waals surface area contributed by atoms with Gasteiger partial charge in [0.15, 0.2) is 0 Å². The van der Waals surface area contributed by atoms with E-state index in [1.807, 2.05) is 31.3 Å².